The van der Waals surface area contributed by atoms with E-state index in [-0.39, 0.29) is 11.8 Å². The van der Waals surface area contributed by atoms with Crippen LogP contribution in [0.1, 0.15) is 54.6 Å². The van der Waals surface area contributed by atoms with Gasteiger partial charge in [0, 0.05) is 67.2 Å². The first-order valence-electron chi connectivity index (χ1n) is 16.6. The Morgan fingerprint density at radius 2 is 1.57 bits per heavy atom. The fourth-order valence-corrected chi connectivity index (χ4v) is 6.36. The summed E-state index contributed by atoms with van der Waals surface area (Å²) in [5.74, 6) is -5.78. The average molecular weight is 722 g/mol. The minimum atomic E-state index is -5.77. The molecule has 1 atom stereocenters. The number of benzene rings is 1. The van der Waals surface area contributed by atoms with E-state index in [1.807, 2.05) is 42.5 Å². The number of H-pyrrole nitrogens is 1. The number of likely N-dealkylation sites (tertiary alicyclic amines) is 2. The molecule has 0 radical (unpaired) electrons. The zero-order chi connectivity index (χ0) is 36.8. The van der Waals surface area contributed by atoms with Crippen LogP contribution in [0.3, 0.4) is 0 Å². The van der Waals surface area contributed by atoms with Crippen molar-refractivity contribution in [3.8, 4) is 28.3 Å². The molecule has 2 aromatic heterocycles. The molecular formula is C35H37F6N5O5. The summed E-state index contributed by atoms with van der Waals surface area (Å²) >= 11 is 0. The number of pyridine rings is 1. The molecule has 2 fully saturated rings. The second kappa shape index (κ2) is 16.1. The molecule has 10 nitrogen and oxygen atoms in total. The van der Waals surface area contributed by atoms with E-state index in [1.165, 1.54) is 25.9 Å². The van der Waals surface area contributed by atoms with E-state index in [0.29, 0.717) is 25.6 Å². The van der Waals surface area contributed by atoms with Gasteiger partial charge in [-0.1, -0.05) is 0 Å². The highest BCUT2D eigenvalue weighted by molar-refractivity contribution is 6.41. The van der Waals surface area contributed by atoms with Gasteiger partial charge in [-0.15, -0.1) is 0 Å². The van der Waals surface area contributed by atoms with Crippen molar-refractivity contribution in [2.75, 3.05) is 39.3 Å². The normalized spacial score (nSPS) is 17.7. The number of carbonyl (C=O) groups excluding carboxylic acids is 4. The smallest absolute Gasteiger partial charge is 0.458 e. The molecule has 0 unspecified atom stereocenters. The number of nitrogens with one attached hydrogen (secondary N) is 2. The van der Waals surface area contributed by atoms with Crippen molar-refractivity contribution in [1.82, 2.24) is 25.1 Å². The zero-order valence-electron chi connectivity index (χ0n) is 27.5. The Hall–Kier alpha value is -4.73. The van der Waals surface area contributed by atoms with Gasteiger partial charge in [-0.25, -0.2) is 0 Å². The molecule has 3 aliphatic heterocycles. The summed E-state index contributed by atoms with van der Waals surface area (Å²) in [6.45, 7) is 5.49. The Bertz CT molecular complexity index is 1690. The van der Waals surface area contributed by atoms with E-state index >= 15 is 0 Å². The first-order chi connectivity index (χ1) is 24.2. The third-order valence-corrected chi connectivity index (χ3v) is 8.92. The maximum atomic E-state index is 12.9. The van der Waals surface area contributed by atoms with E-state index in [0.717, 1.165) is 78.3 Å². The number of hydrogen-bond acceptors (Lipinski definition) is 7. The van der Waals surface area contributed by atoms with E-state index < -0.39 is 23.9 Å². The number of nitrogens with zero attached hydrogens (tertiary/aromatic N) is 3. The summed E-state index contributed by atoms with van der Waals surface area (Å²) in [7, 11) is 0. The SMILES string of the molecule is O=C(C(=O)C(F)(F)F)C(F)(F)F.O=C1NCCc2[nH]c(-c3ccnc(-c4ccc(OCCCC(=O)N5CCC[C@@H]5CN5CCCC5)cc4)c3)cc21. The van der Waals surface area contributed by atoms with Gasteiger partial charge in [0.05, 0.1) is 17.9 Å². The van der Waals surface area contributed by atoms with E-state index in [2.05, 4.69) is 25.1 Å². The number of halogens is 6. The predicted octanol–water partition coefficient (Wildman–Crippen LogP) is 5.52. The number of ketones is 2. The molecule has 0 aliphatic carbocycles. The summed E-state index contributed by atoms with van der Waals surface area (Å²) in [5, 5.41) is 2.89. The van der Waals surface area contributed by atoms with Crippen LogP contribution in [0.2, 0.25) is 0 Å². The van der Waals surface area contributed by atoms with Crippen LogP contribution in [0.25, 0.3) is 22.5 Å². The molecule has 0 saturated carbocycles. The lowest BCUT2D eigenvalue weighted by molar-refractivity contribution is -0.193. The molecule has 5 heterocycles. The molecule has 6 rings (SSSR count). The lowest BCUT2D eigenvalue weighted by Crippen LogP contribution is -2.42. The third kappa shape index (κ3) is 9.74. The van der Waals surface area contributed by atoms with Gasteiger partial charge in [0.15, 0.2) is 0 Å². The highest BCUT2D eigenvalue weighted by Crippen LogP contribution is 2.29. The molecule has 3 aromatic rings. The number of carbonyl (C=O) groups is 4. The Labute approximate surface area is 289 Å². The first-order valence-corrected chi connectivity index (χ1v) is 16.6. The summed E-state index contributed by atoms with van der Waals surface area (Å²) in [6.07, 6.45) is -2.85. The molecule has 0 bridgehead atoms. The summed E-state index contributed by atoms with van der Waals surface area (Å²) < 4.78 is 72.9. The van der Waals surface area contributed by atoms with Crippen molar-refractivity contribution < 1.29 is 50.3 Å². The minimum absolute atomic E-state index is 0.0225. The van der Waals surface area contributed by atoms with Crippen molar-refractivity contribution in [2.45, 2.75) is 63.3 Å². The Kier molecular flexibility index (Phi) is 11.8. The monoisotopic (exact) mass is 721 g/mol. The zero-order valence-corrected chi connectivity index (χ0v) is 27.5. The van der Waals surface area contributed by atoms with Gasteiger partial charge < -0.3 is 24.8 Å². The molecule has 274 valence electrons. The number of aromatic nitrogens is 2. The van der Waals surface area contributed by atoms with Crippen molar-refractivity contribution in [3.63, 3.8) is 0 Å². The van der Waals surface area contributed by atoms with E-state index in [1.54, 1.807) is 6.20 Å². The van der Waals surface area contributed by atoms with E-state index in [9.17, 15) is 45.5 Å². The Balaban J connectivity index is 0.000000362. The Morgan fingerprint density at radius 1 is 0.882 bits per heavy atom. The van der Waals surface area contributed by atoms with Gasteiger partial charge in [0.2, 0.25) is 5.91 Å². The standard InChI is InChI=1S/C31H37N5O3.C4F6O2/c37-30(36-17-3-5-24(36)21-35-15-1-2-16-35)6-4-18-39-25-9-7-22(8-10-25)28-19-23(11-13-32-28)29-20-26-27(34-29)12-14-33-31(26)38;5-3(6,7)1(11)2(12)4(8,9)10/h7-11,13,19-20,24,34H,1-6,12,14-18,21H2,(H,33,38);/t24-;/m1./s1. The number of aromatic amines is 1. The van der Waals surface area contributed by atoms with Crippen molar-refractivity contribution in [1.29, 1.82) is 0 Å². The number of hydrogen-bond donors (Lipinski definition) is 2. The molecule has 2 saturated heterocycles. The number of fused-ring (bicyclic) bond motifs is 1. The van der Waals surface area contributed by atoms with Crippen LogP contribution in [-0.4, -0.2) is 101 Å². The van der Waals surface area contributed by atoms with Crippen LogP contribution < -0.4 is 10.1 Å². The summed E-state index contributed by atoms with van der Waals surface area (Å²) in [4.78, 5) is 56.8. The van der Waals surface area contributed by atoms with Crippen LogP contribution >= 0.6 is 0 Å². The van der Waals surface area contributed by atoms with Gasteiger partial charge in [0.25, 0.3) is 5.91 Å². The number of amides is 2. The van der Waals surface area contributed by atoms with Gasteiger partial charge >= 0.3 is 23.9 Å². The minimum Gasteiger partial charge on any atom is -0.494 e. The van der Waals surface area contributed by atoms with Crippen LogP contribution in [0.5, 0.6) is 5.75 Å². The van der Waals surface area contributed by atoms with E-state index in [4.69, 9.17) is 4.74 Å². The lowest BCUT2D eigenvalue weighted by atomic mass is 10.1. The van der Waals surface area contributed by atoms with Gasteiger partial charge in [-0.05, 0) is 87.7 Å². The largest absolute Gasteiger partial charge is 0.494 e. The second-order valence-corrected chi connectivity index (χ2v) is 12.5. The summed E-state index contributed by atoms with van der Waals surface area (Å²) in [5.41, 5.74) is 5.47. The van der Waals surface area contributed by atoms with Crippen molar-refractivity contribution in [2.24, 2.45) is 0 Å². The van der Waals surface area contributed by atoms with Crippen LogP contribution in [-0.2, 0) is 20.8 Å². The fraction of sp³-hybridized carbons (Fsp3) is 0.457. The maximum absolute atomic E-state index is 12.9. The molecule has 16 heteroatoms. The highest BCUT2D eigenvalue weighted by atomic mass is 19.4. The molecule has 51 heavy (non-hydrogen) atoms. The molecule has 2 N–H and O–H groups in total. The van der Waals surface area contributed by atoms with Crippen LogP contribution in [0.4, 0.5) is 26.3 Å². The van der Waals surface area contributed by atoms with Crippen LogP contribution in [0.15, 0.2) is 48.7 Å². The first kappa shape index (κ1) is 37.5. The van der Waals surface area contributed by atoms with Gasteiger partial charge in [-0.3, -0.25) is 24.2 Å². The molecule has 1 aromatic carbocycles. The lowest BCUT2D eigenvalue weighted by Gasteiger charge is -2.28. The molecule has 2 amide bonds. The van der Waals surface area contributed by atoms with Gasteiger partial charge in [0.1, 0.15) is 5.75 Å². The summed E-state index contributed by atoms with van der Waals surface area (Å²) in [6, 6.07) is 14.2. The maximum Gasteiger partial charge on any atom is 0.458 e. The predicted molar refractivity (Wildman–Crippen MR) is 173 cm³/mol. The third-order valence-electron chi connectivity index (χ3n) is 8.92. The van der Waals surface area contributed by atoms with Crippen molar-refractivity contribution in [3.05, 3.63) is 59.9 Å². The topological polar surface area (TPSA) is 125 Å². The van der Waals surface area contributed by atoms with Gasteiger partial charge in [-0.2, -0.15) is 26.3 Å². The second-order valence-electron chi connectivity index (χ2n) is 12.5. The highest BCUT2D eigenvalue weighted by Gasteiger charge is 2.54. The Morgan fingerprint density at radius 3 is 2.22 bits per heavy atom. The quantitative estimate of drug-likeness (QED) is 0.161. The van der Waals surface area contributed by atoms with Crippen LogP contribution in [0, 0.1) is 0 Å². The number of rotatable bonds is 10. The average Bonchev–Trinajstić information content (AvgIpc) is 3.88. The molecular weight excluding hydrogens is 684 g/mol. The fourth-order valence-electron chi connectivity index (χ4n) is 6.36. The molecule has 0 spiro atoms. The number of ether oxygens (including phenoxy) is 1. The number of alkyl halides is 6. The van der Waals surface area contributed by atoms with Crippen molar-refractivity contribution >= 4 is 23.4 Å². The number of Topliss-reactive ketones (excluding diaryl/α,β-unsaturated/α-hetero) is 2. The molecule has 3 aliphatic rings.